The highest BCUT2D eigenvalue weighted by Gasteiger charge is 2.32. The van der Waals surface area contributed by atoms with Gasteiger partial charge < -0.3 is 0 Å². The molecule has 3 nitrogen and oxygen atoms in total. The number of hydrogen-bond donors (Lipinski definition) is 0. The Balaban J connectivity index is 3.22. The second-order valence-corrected chi connectivity index (χ2v) is 3.37. The third-order valence-electron chi connectivity index (χ3n) is 2.37. The lowest BCUT2D eigenvalue weighted by Gasteiger charge is -2.20. The van der Waals surface area contributed by atoms with E-state index in [9.17, 15) is 4.39 Å². The molecule has 0 saturated carbocycles. The molecule has 0 fully saturated rings. The third kappa shape index (κ3) is 2.16. The van der Waals surface area contributed by atoms with Gasteiger partial charge in [-0.2, -0.15) is 15.8 Å². The zero-order chi connectivity index (χ0) is 12.0. The van der Waals surface area contributed by atoms with Gasteiger partial charge in [-0.1, -0.05) is 12.1 Å². The van der Waals surface area contributed by atoms with Gasteiger partial charge in [-0.15, -0.1) is 0 Å². The fraction of sp³-hybridized carbons (Fsp3) is 0.250. The summed E-state index contributed by atoms with van der Waals surface area (Å²) in [7, 11) is 0. The minimum Gasteiger partial charge on any atom is -0.207 e. The predicted octanol–water partition coefficient (Wildman–Crippen LogP) is 2.41. The van der Waals surface area contributed by atoms with Crippen molar-refractivity contribution in [3.63, 3.8) is 0 Å². The summed E-state index contributed by atoms with van der Waals surface area (Å²) in [5.74, 6) is -0.412. The molecule has 0 aliphatic carbocycles. The minimum absolute atomic E-state index is 0.0807. The number of rotatable bonds is 3. The lowest BCUT2D eigenvalue weighted by molar-refractivity contribution is 0.571. The summed E-state index contributed by atoms with van der Waals surface area (Å²) < 4.78 is 12.7. The van der Waals surface area contributed by atoms with Crippen LogP contribution >= 0.6 is 0 Å². The van der Waals surface area contributed by atoms with Crippen LogP contribution in [0.3, 0.4) is 0 Å². The van der Waals surface area contributed by atoms with E-state index in [1.165, 1.54) is 24.3 Å². The maximum atomic E-state index is 12.7. The Kier molecular flexibility index (Phi) is 3.59. The second-order valence-electron chi connectivity index (χ2n) is 3.37. The monoisotopic (exact) mass is 213 g/mol. The van der Waals surface area contributed by atoms with Crippen molar-refractivity contribution in [3.05, 3.63) is 35.6 Å². The summed E-state index contributed by atoms with van der Waals surface area (Å²) in [5, 5.41) is 26.5. The topological polar surface area (TPSA) is 71.4 Å². The zero-order valence-corrected chi connectivity index (χ0v) is 8.44. The number of halogens is 1. The number of benzene rings is 1. The van der Waals surface area contributed by atoms with E-state index in [0.29, 0.717) is 5.56 Å². The molecule has 0 unspecified atom stereocenters. The Labute approximate surface area is 93.0 Å². The van der Waals surface area contributed by atoms with Gasteiger partial charge in [0.1, 0.15) is 11.2 Å². The van der Waals surface area contributed by atoms with Gasteiger partial charge in [0.05, 0.1) is 31.0 Å². The van der Waals surface area contributed by atoms with Crippen molar-refractivity contribution in [2.75, 3.05) is 0 Å². The molecule has 16 heavy (non-hydrogen) atoms. The van der Waals surface area contributed by atoms with E-state index in [1.54, 1.807) is 0 Å². The SMILES string of the molecule is N#CCC(C#N)(CC#N)c1ccc(F)cc1. The fourth-order valence-corrected chi connectivity index (χ4v) is 1.45. The van der Waals surface area contributed by atoms with Crippen LogP contribution in [0.1, 0.15) is 18.4 Å². The standard InChI is InChI=1S/C12H8FN3/c13-11-3-1-10(2-4-11)12(9-16,5-7-14)6-8-15/h1-4H,5-6H2. The first-order valence-corrected chi connectivity index (χ1v) is 4.60. The molecule has 4 heteroatoms. The minimum atomic E-state index is -1.16. The van der Waals surface area contributed by atoms with Gasteiger partial charge in [-0.3, -0.25) is 0 Å². The molecular formula is C12H8FN3. The molecule has 78 valence electrons. The third-order valence-corrected chi connectivity index (χ3v) is 2.37. The van der Waals surface area contributed by atoms with Crippen LogP contribution in [0.4, 0.5) is 4.39 Å². The molecule has 0 heterocycles. The van der Waals surface area contributed by atoms with Crippen LogP contribution in [0.15, 0.2) is 24.3 Å². The molecule has 0 atom stereocenters. The predicted molar refractivity (Wildman–Crippen MR) is 54.2 cm³/mol. The van der Waals surface area contributed by atoms with Crippen LogP contribution in [0.25, 0.3) is 0 Å². The first-order valence-electron chi connectivity index (χ1n) is 4.60. The lowest BCUT2D eigenvalue weighted by atomic mass is 9.77. The quantitative estimate of drug-likeness (QED) is 0.773. The van der Waals surface area contributed by atoms with Gasteiger partial charge in [0.25, 0.3) is 0 Å². The molecule has 0 spiro atoms. The van der Waals surface area contributed by atoms with Crippen LogP contribution < -0.4 is 0 Å². The van der Waals surface area contributed by atoms with Gasteiger partial charge in [-0.05, 0) is 17.7 Å². The normalized spacial score (nSPS) is 9.88. The average Bonchev–Trinajstić information content (AvgIpc) is 2.29. The Morgan fingerprint density at radius 2 is 1.50 bits per heavy atom. The van der Waals surface area contributed by atoms with Crippen LogP contribution in [-0.4, -0.2) is 0 Å². The maximum absolute atomic E-state index is 12.7. The number of hydrogen-bond acceptors (Lipinski definition) is 3. The van der Waals surface area contributed by atoms with Gasteiger partial charge in [0.2, 0.25) is 0 Å². The molecule has 0 aromatic heterocycles. The van der Waals surface area contributed by atoms with Gasteiger partial charge >= 0.3 is 0 Å². The Hall–Kier alpha value is -2.38. The Morgan fingerprint density at radius 1 is 1.00 bits per heavy atom. The molecule has 0 N–H and O–H groups in total. The number of nitriles is 3. The molecule has 1 rings (SSSR count). The highest BCUT2D eigenvalue weighted by Crippen LogP contribution is 2.30. The lowest BCUT2D eigenvalue weighted by Crippen LogP contribution is -2.23. The molecular weight excluding hydrogens is 205 g/mol. The van der Waals surface area contributed by atoms with Crippen molar-refractivity contribution in [2.24, 2.45) is 0 Å². The maximum Gasteiger partial charge on any atom is 0.123 e. The molecule has 1 aromatic carbocycles. The van der Waals surface area contributed by atoms with E-state index >= 15 is 0 Å². The zero-order valence-electron chi connectivity index (χ0n) is 8.44. The summed E-state index contributed by atoms with van der Waals surface area (Å²) in [6.07, 6.45) is -0.161. The van der Waals surface area contributed by atoms with Gasteiger partial charge in [-0.25, -0.2) is 4.39 Å². The van der Waals surface area contributed by atoms with E-state index in [4.69, 9.17) is 15.8 Å². The molecule has 0 aliphatic heterocycles. The molecule has 0 saturated heterocycles. The van der Waals surface area contributed by atoms with Gasteiger partial charge in [0.15, 0.2) is 0 Å². The summed E-state index contributed by atoms with van der Waals surface area (Å²) in [4.78, 5) is 0. The highest BCUT2D eigenvalue weighted by atomic mass is 19.1. The summed E-state index contributed by atoms with van der Waals surface area (Å²) in [6.45, 7) is 0. The Bertz CT molecular complexity index is 469. The molecule has 1 aromatic rings. The van der Waals surface area contributed by atoms with E-state index < -0.39 is 11.2 Å². The number of nitrogens with zero attached hydrogens (tertiary/aromatic N) is 3. The van der Waals surface area contributed by atoms with E-state index in [-0.39, 0.29) is 12.8 Å². The average molecular weight is 213 g/mol. The highest BCUT2D eigenvalue weighted by molar-refractivity contribution is 5.35. The van der Waals surface area contributed by atoms with Gasteiger partial charge in [0, 0.05) is 0 Å². The van der Waals surface area contributed by atoms with Crippen molar-refractivity contribution in [1.82, 2.24) is 0 Å². The summed E-state index contributed by atoms with van der Waals surface area (Å²) in [5.41, 5.74) is -0.656. The Morgan fingerprint density at radius 3 is 1.88 bits per heavy atom. The van der Waals surface area contributed by atoms with Crippen molar-refractivity contribution in [2.45, 2.75) is 18.3 Å². The first kappa shape index (κ1) is 11.7. The summed E-state index contributed by atoms with van der Waals surface area (Å²) in [6, 6.07) is 11.1. The van der Waals surface area contributed by atoms with Crippen molar-refractivity contribution in [1.29, 1.82) is 15.8 Å². The second kappa shape index (κ2) is 4.91. The van der Waals surface area contributed by atoms with Crippen molar-refractivity contribution < 1.29 is 4.39 Å². The van der Waals surface area contributed by atoms with Crippen LogP contribution in [0.2, 0.25) is 0 Å². The van der Waals surface area contributed by atoms with E-state index in [0.717, 1.165) is 0 Å². The van der Waals surface area contributed by atoms with Crippen LogP contribution in [0.5, 0.6) is 0 Å². The van der Waals surface area contributed by atoms with Crippen LogP contribution in [-0.2, 0) is 5.41 Å². The van der Waals surface area contributed by atoms with E-state index in [1.807, 2.05) is 18.2 Å². The smallest absolute Gasteiger partial charge is 0.123 e. The van der Waals surface area contributed by atoms with E-state index in [2.05, 4.69) is 0 Å². The van der Waals surface area contributed by atoms with Crippen molar-refractivity contribution >= 4 is 0 Å². The fourth-order valence-electron chi connectivity index (χ4n) is 1.45. The largest absolute Gasteiger partial charge is 0.207 e. The van der Waals surface area contributed by atoms with Crippen molar-refractivity contribution in [3.8, 4) is 18.2 Å². The molecule has 0 radical (unpaired) electrons. The first-order chi connectivity index (χ1) is 7.68. The summed E-state index contributed by atoms with van der Waals surface area (Å²) >= 11 is 0. The van der Waals surface area contributed by atoms with Crippen LogP contribution in [0, 0.1) is 39.8 Å². The molecule has 0 bridgehead atoms. The molecule has 0 aliphatic rings. The molecule has 0 amide bonds.